The number of nitrogens with one attached hydrogen (secondary N) is 1. The summed E-state index contributed by atoms with van der Waals surface area (Å²) in [5.41, 5.74) is 2.29. The summed E-state index contributed by atoms with van der Waals surface area (Å²) in [6.07, 6.45) is 2.35. The topological polar surface area (TPSA) is 15.3 Å². The third-order valence-corrected chi connectivity index (χ3v) is 4.29. The van der Waals surface area contributed by atoms with E-state index in [9.17, 15) is 4.39 Å². The Bertz CT molecular complexity index is 431. The first-order chi connectivity index (χ1) is 9.61. The lowest BCUT2D eigenvalue weighted by atomic mass is 9.95. The molecule has 1 atom stereocenters. The molecule has 0 saturated carbocycles. The Kier molecular flexibility index (Phi) is 5.41. The standard InChI is InChI=1S/C17H27FN2/c1-4-8-19-11-15-10-16(18)5-6-17(15)20-9-7-14(12-20)13(2)3/h5-6,10,13-14,19H,4,7-9,11-12H2,1-3H3. The van der Waals surface area contributed by atoms with Crippen LogP contribution < -0.4 is 10.2 Å². The molecule has 0 bridgehead atoms. The molecule has 0 amide bonds. The molecular weight excluding hydrogens is 251 g/mol. The molecule has 112 valence electrons. The third kappa shape index (κ3) is 3.72. The van der Waals surface area contributed by atoms with Gasteiger partial charge >= 0.3 is 0 Å². The molecule has 1 saturated heterocycles. The molecule has 0 spiro atoms. The Balaban J connectivity index is 2.10. The minimum atomic E-state index is -0.137. The number of hydrogen-bond acceptors (Lipinski definition) is 2. The Hall–Kier alpha value is -1.09. The second kappa shape index (κ2) is 7.07. The van der Waals surface area contributed by atoms with Gasteiger partial charge in [0.2, 0.25) is 0 Å². The number of halogens is 1. The third-order valence-electron chi connectivity index (χ3n) is 4.29. The van der Waals surface area contributed by atoms with Crippen LogP contribution in [0.2, 0.25) is 0 Å². The van der Waals surface area contributed by atoms with Gasteiger partial charge in [0.1, 0.15) is 5.82 Å². The first-order valence-corrected chi connectivity index (χ1v) is 7.86. The predicted octanol–water partition coefficient (Wildman–Crippen LogP) is 3.81. The zero-order valence-electron chi connectivity index (χ0n) is 13.0. The minimum Gasteiger partial charge on any atom is -0.371 e. The van der Waals surface area contributed by atoms with Crippen LogP contribution in [0.4, 0.5) is 10.1 Å². The highest BCUT2D eigenvalue weighted by molar-refractivity contribution is 5.54. The summed E-state index contributed by atoms with van der Waals surface area (Å²) in [6.45, 7) is 10.7. The molecule has 1 heterocycles. The van der Waals surface area contributed by atoms with Crippen molar-refractivity contribution in [1.82, 2.24) is 5.32 Å². The average Bonchev–Trinajstić information content (AvgIpc) is 2.89. The molecule has 0 aromatic heterocycles. The lowest BCUT2D eigenvalue weighted by Crippen LogP contribution is -2.24. The van der Waals surface area contributed by atoms with Gasteiger partial charge in [-0.1, -0.05) is 20.8 Å². The Morgan fingerprint density at radius 1 is 1.40 bits per heavy atom. The summed E-state index contributed by atoms with van der Waals surface area (Å²) in [5, 5.41) is 3.38. The van der Waals surface area contributed by atoms with Crippen LogP contribution in [0.3, 0.4) is 0 Å². The van der Waals surface area contributed by atoms with Gasteiger partial charge in [-0.3, -0.25) is 0 Å². The summed E-state index contributed by atoms with van der Waals surface area (Å²) in [5.74, 6) is 1.35. The molecule has 3 heteroatoms. The van der Waals surface area contributed by atoms with E-state index in [-0.39, 0.29) is 5.82 Å². The van der Waals surface area contributed by atoms with Gasteiger partial charge in [-0.15, -0.1) is 0 Å². The largest absolute Gasteiger partial charge is 0.371 e. The molecule has 20 heavy (non-hydrogen) atoms. The molecule has 1 unspecified atom stereocenters. The van der Waals surface area contributed by atoms with E-state index in [1.807, 2.05) is 6.07 Å². The second-order valence-corrected chi connectivity index (χ2v) is 6.19. The fourth-order valence-corrected chi connectivity index (χ4v) is 2.95. The minimum absolute atomic E-state index is 0.137. The molecule has 0 aliphatic carbocycles. The van der Waals surface area contributed by atoms with Crippen molar-refractivity contribution in [3.8, 4) is 0 Å². The summed E-state index contributed by atoms with van der Waals surface area (Å²) < 4.78 is 13.5. The number of nitrogens with zero attached hydrogens (tertiary/aromatic N) is 1. The van der Waals surface area contributed by atoms with E-state index in [0.29, 0.717) is 0 Å². The van der Waals surface area contributed by atoms with Crippen molar-refractivity contribution >= 4 is 5.69 Å². The van der Waals surface area contributed by atoms with Crippen molar-refractivity contribution in [3.63, 3.8) is 0 Å². The van der Waals surface area contributed by atoms with Gasteiger partial charge in [-0.25, -0.2) is 4.39 Å². The number of benzene rings is 1. The first-order valence-electron chi connectivity index (χ1n) is 7.86. The van der Waals surface area contributed by atoms with E-state index in [1.165, 1.54) is 12.1 Å². The van der Waals surface area contributed by atoms with E-state index in [0.717, 1.165) is 50.0 Å². The van der Waals surface area contributed by atoms with Crippen molar-refractivity contribution in [2.75, 3.05) is 24.5 Å². The quantitative estimate of drug-likeness (QED) is 0.796. The fourth-order valence-electron chi connectivity index (χ4n) is 2.95. The van der Waals surface area contributed by atoms with Crippen LogP contribution in [-0.2, 0) is 6.54 Å². The van der Waals surface area contributed by atoms with Crippen molar-refractivity contribution in [2.24, 2.45) is 11.8 Å². The van der Waals surface area contributed by atoms with E-state index in [1.54, 1.807) is 12.1 Å². The Morgan fingerprint density at radius 2 is 2.20 bits per heavy atom. The Labute approximate surface area is 122 Å². The summed E-state index contributed by atoms with van der Waals surface area (Å²) in [7, 11) is 0. The van der Waals surface area contributed by atoms with Crippen LogP contribution in [0, 0.1) is 17.7 Å². The maximum Gasteiger partial charge on any atom is 0.123 e. The fraction of sp³-hybridized carbons (Fsp3) is 0.647. The van der Waals surface area contributed by atoms with Gasteiger partial charge in [0.15, 0.2) is 0 Å². The smallest absolute Gasteiger partial charge is 0.123 e. The monoisotopic (exact) mass is 278 g/mol. The molecular formula is C17H27FN2. The van der Waals surface area contributed by atoms with Crippen molar-refractivity contribution in [3.05, 3.63) is 29.6 Å². The maximum atomic E-state index is 13.5. The summed E-state index contributed by atoms with van der Waals surface area (Å²) in [4.78, 5) is 2.42. The lowest BCUT2D eigenvalue weighted by Gasteiger charge is -2.23. The second-order valence-electron chi connectivity index (χ2n) is 6.19. The van der Waals surface area contributed by atoms with Crippen molar-refractivity contribution in [1.29, 1.82) is 0 Å². The van der Waals surface area contributed by atoms with Gasteiger partial charge in [0.05, 0.1) is 0 Å². The van der Waals surface area contributed by atoms with Crippen LogP contribution >= 0.6 is 0 Å². The van der Waals surface area contributed by atoms with E-state index < -0.39 is 0 Å². The molecule has 1 aliphatic heterocycles. The van der Waals surface area contributed by atoms with Crippen molar-refractivity contribution < 1.29 is 4.39 Å². The SMILES string of the molecule is CCCNCc1cc(F)ccc1N1CCC(C(C)C)C1. The van der Waals surface area contributed by atoms with E-state index >= 15 is 0 Å². The average molecular weight is 278 g/mol. The van der Waals surface area contributed by atoms with E-state index in [4.69, 9.17) is 0 Å². The summed E-state index contributed by atoms with van der Waals surface area (Å²) >= 11 is 0. The van der Waals surface area contributed by atoms with Crippen LogP contribution in [0.25, 0.3) is 0 Å². The van der Waals surface area contributed by atoms with Gasteiger partial charge in [0.25, 0.3) is 0 Å². The predicted molar refractivity (Wildman–Crippen MR) is 83.6 cm³/mol. The van der Waals surface area contributed by atoms with Crippen LogP contribution in [0.15, 0.2) is 18.2 Å². The highest BCUT2D eigenvalue weighted by atomic mass is 19.1. The zero-order valence-corrected chi connectivity index (χ0v) is 13.0. The Morgan fingerprint density at radius 3 is 2.85 bits per heavy atom. The number of anilines is 1. The maximum absolute atomic E-state index is 13.5. The van der Waals surface area contributed by atoms with E-state index in [2.05, 4.69) is 31.0 Å². The molecule has 0 radical (unpaired) electrons. The van der Waals surface area contributed by atoms with Gasteiger partial charge in [-0.05, 0) is 55.0 Å². The molecule has 1 aromatic rings. The van der Waals surface area contributed by atoms with Crippen LogP contribution in [-0.4, -0.2) is 19.6 Å². The number of rotatable bonds is 6. The highest BCUT2D eigenvalue weighted by Gasteiger charge is 2.26. The summed E-state index contributed by atoms with van der Waals surface area (Å²) in [6, 6.07) is 5.21. The van der Waals surface area contributed by atoms with Gasteiger partial charge in [-0.2, -0.15) is 0 Å². The van der Waals surface area contributed by atoms with Crippen LogP contribution in [0.5, 0.6) is 0 Å². The lowest BCUT2D eigenvalue weighted by molar-refractivity contribution is 0.422. The molecule has 1 fully saturated rings. The van der Waals surface area contributed by atoms with Crippen molar-refractivity contribution in [2.45, 2.75) is 40.2 Å². The van der Waals surface area contributed by atoms with Gasteiger partial charge < -0.3 is 10.2 Å². The molecule has 2 rings (SSSR count). The molecule has 1 aromatic carbocycles. The highest BCUT2D eigenvalue weighted by Crippen LogP contribution is 2.30. The van der Waals surface area contributed by atoms with Crippen LogP contribution in [0.1, 0.15) is 39.2 Å². The molecule has 2 nitrogen and oxygen atoms in total. The normalized spacial score (nSPS) is 19.1. The molecule has 1 N–H and O–H groups in total. The van der Waals surface area contributed by atoms with Gasteiger partial charge in [0, 0.05) is 25.3 Å². The number of hydrogen-bond donors (Lipinski definition) is 1. The first kappa shape index (κ1) is 15.3. The molecule has 1 aliphatic rings. The zero-order chi connectivity index (χ0) is 14.5.